The monoisotopic (exact) mass is 268 g/mol. The lowest BCUT2D eigenvalue weighted by atomic mass is 9.53. The molecule has 108 valence electrons. The van der Waals surface area contributed by atoms with Gasteiger partial charge in [-0.2, -0.15) is 0 Å². The molecule has 0 aromatic heterocycles. The maximum absolute atomic E-state index is 10.4. The zero-order valence-electron chi connectivity index (χ0n) is 11.8. The lowest BCUT2D eigenvalue weighted by Crippen LogP contribution is -2.55. The van der Waals surface area contributed by atoms with Gasteiger partial charge in [-0.25, -0.2) is 0 Å². The largest absolute Gasteiger partial charge is 0.393 e. The van der Waals surface area contributed by atoms with Crippen LogP contribution in [0, 0.1) is 10.8 Å². The minimum Gasteiger partial charge on any atom is -0.393 e. The van der Waals surface area contributed by atoms with E-state index >= 15 is 0 Å². The maximum Gasteiger partial charge on any atom is 0.113 e. The van der Waals surface area contributed by atoms with Gasteiger partial charge in [-0.05, 0) is 39.0 Å². The fourth-order valence-corrected chi connectivity index (χ4v) is 5.40. The highest BCUT2D eigenvalue weighted by atomic mass is 16.6. The van der Waals surface area contributed by atoms with Crippen molar-refractivity contribution in [2.24, 2.45) is 10.8 Å². The summed E-state index contributed by atoms with van der Waals surface area (Å²) in [6, 6.07) is 0. The molecule has 4 aliphatic rings. The quantitative estimate of drug-likeness (QED) is 0.702. The SMILES string of the molecule is C[C@]12CCC[C@@]1(CO)OC[C@@]21CC[C@](C)(O)[C@H]2O[C@H]21. The summed E-state index contributed by atoms with van der Waals surface area (Å²) >= 11 is 0. The first-order chi connectivity index (χ1) is 8.91. The summed E-state index contributed by atoms with van der Waals surface area (Å²) < 4.78 is 12.0. The van der Waals surface area contributed by atoms with E-state index in [4.69, 9.17) is 9.47 Å². The molecular formula is C15H24O4. The number of aliphatic hydroxyl groups is 2. The van der Waals surface area contributed by atoms with Crippen LogP contribution in [0.1, 0.15) is 46.0 Å². The van der Waals surface area contributed by atoms with Gasteiger partial charge in [0.05, 0.1) is 30.5 Å². The average Bonchev–Trinajstić information content (AvgIpc) is 3.06. The van der Waals surface area contributed by atoms with Gasteiger partial charge in [-0.15, -0.1) is 0 Å². The van der Waals surface area contributed by atoms with E-state index < -0.39 is 5.60 Å². The van der Waals surface area contributed by atoms with Crippen molar-refractivity contribution >= 4 is 0 Å². The molecule has 2 aliphatic carbocycles. The second kappa shape index (κ2) is 3.35. The minimum atomic E-state index is -0.685. The normalized spacial score (nSPS) is 63.2. The summed E-state index contributed by atoms with van der Waals surface area (Å²) in [5.41, 5.74) is -1.06. The number of epoxide rings is 1. The van der Waals surface area contributed by atoms with E-state index in [1.54, 1.807) is 0 Å². The van der Waals surface area contributed by atoms with Crippen LogP contribution < -0.4 is 0 Å². The van der Waals surface area contributed by atoms with Gasteiger partial charge in [0.2, 0.25) is 0 Å². The van der Waals surface area contributed by atoms with Gasteiger partial charge >= 0.3 is 0 Å². The average molecular weight is 268 g/mol. The fourth-order valence-electron chi connectivity index (χ4n) is 5.40. The Labute approximate surface area is 114 Å². The Morgan fingerprint density at radius 1 is 1.11 bits per heavy atom. The molecule has 4 heteroatoms. The zero-order chi connectivity index (χ0) is 13.5. The summed E-state index contributed by atoms with van der Waals surface area (Å²) in [4.78, 5) is 0. The molecule has 2 aliphatic heterocycles. The summed E-state index contributed by atoms with van der Waals surface area (Å²) in [6.45, 7) is 4.96. The van der Waals surface area contributed by atoms with Crippen LogP contribution in [0.15, 0.2) is 0 Å². The second-order valence-electron chi connectivity index (χ2n) is 7.62. The number of rotatable bonds is 1. The van der Waals surface area contributed by atoms with Crippen LogP contribution in [0.3, 0.4) is 0 Å². The third-order valence-electron chi connectivity index (χ3n) is 6.95. The predicted molar refractivity (Wildman–Crippen MR) is 68.7 cm³/mol. The predicted octanol–water partition coefficient (Wildman–Crippen LogP) is 1.24. The molecule has 19 heavy (non-hydrogen) atoms. The lowest BCUT2D eigenvalue weighted by molar-refractivity contribution is -0.0847. The number of aliphatic hydroxyl groups excluding tert-OH is 1. The van der Waals surface area contributed by atoms with Gasteiger partial charge in [0.1, 0.15) is 6.10 Å². The third-order valence-corrected chi connectivity index (χ3v) is 6.95. The van der Waals surface area contributed by atoms with Crippen LogP contribution in [0.2, 0.25) is 0 Å². The highest BCUT2D eigenvalue weighted by Crippen LogP contribution is 2.71. The highest BCUT2D eigenvalue weighted by molar-refractivity contribution is 5.25. The molecule has 2 N–H and O–H groups in total. The summed E-state index contributed by atoms with van der Waals surface area (Å²) in [7, 11) is 0. The van der Waals surface area contributed by atoms with E-state index in [-0.39, 0.29) is 35.2 Å². The molecule has 0 bridgehead atoms. The molecule has 0 aromatic carbocycles. The third kappa shape index (κ3) is 1.21. The summed E-state index contributed by atoms with van der Waals surface area (Å²) in [5, 5.41) is 20.3. The Morgan fingerprint density at radius 2 is 1.89 bits per heavy atom. The maximum atomic E-state index is 10.4. The topological polar surface area (TPSA) is 62.2 Å². The van der Waals surface area contributed by atoms with Crippen molar-refractivity contribution in [2.75, 3.05) is 13.2 Å². The summed E-state index contributed by atoms with van der Waals surface area (Å²) in [6.07, 6.45) is 4.97. The molecule has 4 fully saturated rings. The van der Waals surface area contributed by atoms with Gasteiger partial charge in [-0.1, -0.05) is 6.92 Å². The highest BCUT2D eigenvalue weighted by Gasteiger charge is 2.77. The molecule has 0 amide bonds. The molecule has 4 rings (SSSR count). The van der Waals surface area contributed by atoms with Crippen LogP contribution in [-0.2, 0) is 9.47 Å². The van der Waals surface area contributed by atoms with Gasteiger partial charge in [-0.3, -0.25) is 0 Å². The lowest BCUT2D eigenvalue weighted by Gasteiger charge is -2.48. The van der Waals surface area contributed by atoms with E-state index in [9.17, 15) is 10.2 Å². The number of hydrogen-bond acceptors (Lipinski definition) is 4. The number of fused-ring (bicyclic) bond motifs is 4. The molecule has 2 heterocycles. The second-order valence-corrected chi connectivity index (χ2v) is 7.62. The van der Waals surface area contributed by atoms with Crippen LogP contribution in [0.25, 0.3) is 0 Å². The van der Waals surface area contributed by atoms with Crippen molar-refractivity contribution in [3.8, 4) is 0 Å². The molecule has 0 aromatic rings. The van der Waals surface area contributed by atoms with Crippen molar-refractivity contribution in [1.29, 1.82) is 0 Å². The van der Waals surface area contributed by atoms with Crippen molar-refractivity contribution in [2.45, 2.75) is 69.4 Å². The van der Waals surface area contributed by atoms with Gasteiger partial charge in [0, 0.05) is 10.8 Å². The molecule has 6 atom stereocenters. The smallest absolute Gasteiger partial charge is 0.113 e. The van der Waals surface area contributed by atoms with Crippen LogP contribution in [0.5, 0.6) is 0 Å². The van der Waals surface area contributed by atoms with Gasteiger partial charge in [0.25, 0.3) is 0 Å². The van der Waals surface area contributed by atoms with Gasteiger partial charge in [0.15, 0.2) is 0 Å². The van der Waals surface area contributed by atoms with Crippen LogP contribution in [-0.4, -0.2) is 46.8 Å². The van der Waals surface area contributed by atoms with E-state index in [0.717, 1.165) is 32.1 Å². The fraction of sp³-hybridized carbons (Fsp3) is 1.00. The van der Waals surface area contributed by atoms with Crippen molar-refractivity contribution in [3.63, 3.8) is 0 Å². The van der Waals surface area contributed by atoms with E-state index in [1.165, 1.54) is 0 Å². The number of hydrogen-bond donors (Lipinski definition) is 2. The standard InChI is InChI=1S/C15H24O4/c1-12(17)6-7-14(11-10(12)19-11)9-18-15(8-16)5-3-4-13(14,15)2/h10-11,16-17H,3-9H2,1-2H3/t10-,11+,12-,13+,14+,15-/m0/s1. The molecule has 0 unspecified atom stereocenters. The van der Waals surface area contributed by atoms with E-state index in [1.807, 2.05) is 6.92 Å². The molecule has 4 nitrogen and oxygen atoms in total. The Balaban J connectivity index is 1.74. The minimum absolute atomic E-state index is 0.000856. The van der Waals surface area contributed by atoms with E-state index in [0.29, 0.717) is 6.61 Å². The van der Waals surface area contributed by atoms with Crippen LogP contribution in [0.4, 0.5) is 0 Å². The molecule has 2 saturated carbocycles. The Bertz CT molecular complexity index is 422. The first-order valence-corrected chi connectivity index (χ1v) is 7.54. The number of ether oxygens (including phenoxy) is 2. The first-order valence-electron chi connectivity index (χ1n) is 7.54. The Morgan fingerprint density at radius 3 is 2.63 bits per heavy atom. The zero-order valence-corrected chi connectivity index (χ0v) is 11.8. The molecule has 0 radical (unpaired) electrons. The molecular weight excluding hydrogens is 244 g/mol. The molecule has 1 spiro atoms. The Hall–Kier alpha value is -0.160. The van der Waals surface area contributed by atoms with Crippen LogP contribution >= 0.6 is 0 Å². The van der Waals surface area contributed by atoms with Crippen molar-refractivity contribution < 1.29 is 19.7 Å². The van der Waals surface area contributed by atoms with E-state index in [2.05, 4.69) is 6.92 Å². The Kier molecular flexibility index (Phi) is 2.22. The van der Waals surface area contributed by atoms with Gasteiger partial charge < -0.3 is 19.7 Å². The van der Waals surface area contributed by atoms with Crippen molar-refractivity contribution in [1.82, 2.24) is 0 Å². The first kappa shape index (κ1) is 12.6. The molecule has 2 saturated heterocycles. The van der Waals surface area contributed by atoms with Crippen molar-refractivity contribution in [3.05, 3.63) is 0 Å². The summed E-state index contributed by atoms with van der Waals surface area (Å²) in [5.74, 6) is 0.